The molecular formula is C13H19N3O2. The van der Waals surface area contributed by atoms with Crippen molar-refractivity contribution in [2.24, 2.45) is 11.7 Å². The lowest BCUT2D eigenvalue weighted by molar-refractivity contribution is -0.384. The number of anilines is 1. The molecular weight excluding hydrogens is 230 g/mol. The normalized spacial score (nSPS) is 24.1. The van der Waals surface area contributed by atoms with Gasteiger partial charge in [0.25, 0.3) is 5.69 Å². The molecule has 1 heterocycles. The SMILES string of the molecule is Cc1cccc([N+](=O)[O-])c1N1CCC(N)C(C)C1. The summed E-state index contributed by atoms with van der Waals surface area (Å²) >= 11 is 0. The van der Waals surface area contributed by atoms with E-state index in [4.69, 9.17) is 5.73 Å². The average molecular weight is 249 g/mol. The van der Waals surface area contributed by atoms with Gasteiger partial charge < -0.3 is 10.6 Å². The maximum Gasteiger partial charge on any atom is 0.292 e. The number of aryl methyl sites for hydroxylation is 1. The summed E-state index contributed by atoms with van der Waals surface area (Å²) < 4.78 is 0. The number of nitrogens with zero attached hydrogens (tertiary/aromatic N) is 2. The number of nitrogens with two attached hydrogens (primary N) is 1. The van der Waals surface area contributed by atoms with Crippen molar-refractivity contribution in [2.45, 2.75) is 26.3 Å². The molecule has 0 spiro atoms. The molecule has 1 fully saturated rings. The molecule has 18 heavy (non-hydrogen) atoms. The zero-order chi connectivity index (χ0) is 13.3. The number of nitro groups is 1. The van der Waals surface area contributed by atoms with Crippen molar-refractivity contribution in [2.75, 3.05) is 18.0 Å². The van der Waals surface area contributed by atoms with E-state index in [9.17, 15) is 10.1 Å². The zero-order valence-electron chi connectivity index (χ0n) is 10.8. The fourth-order valence-corrected chi connectivity index (χ4v) is 2.57. The van der Waals surface area contributed by atoms with Gasteiger partial charge >= 0.3 is 0 Å². The lowest BCUT2D eigenvalue weighted by Crippen LogP contribution is -2.46. The molecule has 2 N–H and O–H groups in total. The van der Waals surface area contributed by atoms with Crippen LogP contribution in [0, 0.1) is 23.0 Å². The van der Waals surface area contributed by atoms with Crippen LogP contribution in [0.5, 0.6) is 0 Å². The Labute approximate surface area is 107 Å². The lowest BCUT2D eigenvalue weighted by Gasteiger charge is -2.36. The van der Waals surface area contributed by atoms with Gasteiger partial charge in [-0.1, -0.05) is 19.1 Å². The minimum absolute atomic E-state index is 0.192. The van der Waals surface area contributed by atoms with Crippen molar-refractivity contribution in [1.82, 2.24) is 0 Å². The highest BCUT2D eigenvalue weighted by molar-refractivity contribution is 5.67. The van der Waals surface area contributed by atoms with Gasteiger partial charge in [0, 0.05) is 25.2 Å². The summed E-state index contributed by atoms with van der Waals surface area (Å²) in [6.45, 7) is 5.59. The van der Waals surface area contributed by atoms with Gasteiger partial charge in [-0.25, -0.2) is 0 Å². The number of rotatable bonds is 2. The molecule has 1 aromatic carbocycles. The topological polar surface area (TPSA) is 72.4 Å². The van der Waals surface area contributed by atoms with Crippen LogP contribution >= 0.6 is 0 Å². The van der Waals surface area contributed by atoms with Gasteiger partial charge in [-0.15, -0.1) is 0 Å². The Morgan fingerprint density at radius 1 is 1.50 bits per heavy atom. The molecule has 98 valence electrons. The first-order chi connectivity index (χ1) is 8.50. The molecule has 0 aliphatic carbocycles. The molecule has 2 rings (SSSR count). The number of hydrogen-bond donors (Lipinski definition) is 1. The summed E-state index contributed by atoms with van der Waals surface area (Å²) in [5.41, 5.74) is 7.89. The monoisotopic (exact) mass is 249 g/mol. The average Bonchev–Trinajstić information content (AvgIpc) is 2.32. The summed E-state index contributed by atoms with van der Waals surface area (Å²) in [4.78, 5) is 12.9. The Kier molecular flexibility index (Phi) is 3.52. The van der Waals surface area contributed by atoms with Crippen molar-refractivity contribution in [3.05, 3.63) is 33.9 Å². The molecule has 0 amide bonds. The zero-order valence-corrected chi connectivity index (χ0v) is 10.8. The van der Waals surface area contributed by atoms with Crippen LogP contribution in [0.4, 0.5) is 11.4 Å². The fourth-order valence-electron chi connectivity index (χ4n) is 2.57. The minimum Gasteiger partial charge on any atom is -0.365 e. The van der Waals surface area contributed by atoms with Crippen LogP contribution < -0.4 is 10.6 Å². The van der Waals surface area contributed by atoms with Crippen molar-refractivity contribution >= 4 is 11.4 Å². The van der Waals surface area contributed by atoms with Crippen LogP contribution in [-0.2, 0) is 0 Å². The quantitative estimate of drug-likeness (QED) is 0.643. The van der Waals surface area contributed by atoms with Crippen molar-refractivity contribution in [3.8, 4) is 0 Å². The third-order valence-electron chi connectivity index (χ3n) is 3.70. The molecule has 0 aromatic heterocycles. The molecule has 1 saturated heterocycles. The molecule has 2 unspecified atom stereocenters. The molecule has 0 radical (unpaired) electrons. The van der Waals surface area contributed by atoms with E-state index in [0.29, 0.717) is 5.92 Å². The van der Waals surface area contributed by atoms with Crippen LogP contribution in [0.15, 0.2) is 18.2 Å². The van der Waals surface area contributed by atoms with Crippen molar-refractivity contribution in [3.63, 3.8) is 0 Å². The molecule has 5 nitrogen and oxygen atoms in total. The Hall–Kier alpha value is -1.62. The Morgan fingerprint density at radius 2 is 2.22 bits per heavy atom. The van der Waals surface area contributed by atoms with E-state index in [0.717, 1.165) is 30.8 Å². The Balaban J connectivity index is 2.36. The van der Waals surface area contributed by atoms with Gasteiger partial charge in [0.15, 0.2) is 0 Å². The standard InChI is InChI=1S/C13H19N3O2/c1-9-4-3-5-12(16(17)18)13(9)15-7-6-11(14)10(2)8-15/h3-5,10-11H,6-8,14H2,1-2H3. The smallest absolute Gasteiger partial charge is 0.292 e. The molecule has 0 saturated carbocycles. The number of piperidine rings is 1. The van der Waals surface area contributed by atoms with Crippen LogP contribution in [0.25, 0.3) is 0 Å². The van der Waals surface area contributed by atoms with E-state index in [1.54, 1.807) is 12.1 Å². The number of para-hydroxylation sites is 1. The van der Waals surface area contributed by atoms with E-state index in [1.165, 1.54) is 0 Å². The maximum atomic E-state index is 11.1. The van der Waals surface area contributed by atoms with Crippen LogP contribution in [0.1, 0.15) is 18.9 Å². The molecule has 1 aliphatic rings. The summed E-state index contributed by atoms with van der Waals surface area (Å²) in [5, 5.41) is 11.1. The van der Waals surface area contributed by atoms with E-state index in [1.807, 2.05) is 13.0 Å². The second-order valence-electron chi connectivity index (χ2n) is 5.08. The predicted octanol–water partition coefficient (Wildman–Crippen LogP) is 2.08. The van der Waals surface area contributed by atoms with Gasteiger partial charge in [-0.3, -0.25) is 10.1 Å². The maximum absolute atomic E-state index is 11.1. The van der Waals surface area contributed by atoms with Gasteiger partial charge in [0.2, 0.25) is 0 Å². The highest BCUT2D eigenvalue weighted by Gasteiger charge is 2.28. The highest BCUT2D eigenvalue weighted by Crippen LogP contribution is 2.34. The predicted molar refractivity (Wildman–Crippen MR) is 71.8 cm³/mol. The fraction of sp³-hybridized carbons (Fsp3) is 0.538. The largest absolute Gasteiger partial charge is 0.365 e. The summed E-state index contributed by atoms with van der Waals surface area (Å²) in [5.74, 6) is 0.359. The van der Waals surface area contributed by atoms with E-state index < -0.39 is 0 Å². The third kappa shape index (κ3) is 2.31. The molecule has 1 aromatic rings. The van der Waals surface area contributed by atoms with Crippen LogP contribution in [0.3, 0.4) is 0 Å². The highest BCUT2D eigenvalue weighted by atomic mass is 16.6. The van der Waals surface area contributed by atoms with Crippen LogP contribution in [-0.4, -0.2) is 24.1 Å². The number of nitro benzene ring substituents is 1. The molecule has 1 aliphatic heterocycles. The Bertz CT molecular complexity index is 462. The van der Waals surface area contributed by atoms with Gasteiger partial charge in [-0.05, 0) is 24.8 Å². The van der Waals surface area contributed by atoms with Crippen molar-refractivity contribution in [1.29, 1.82) is 0 Å². The number of benzene rings is 1. The molecule has 5 heteroatoms. The van der Waals surface area contributed by atoms with Crippen LogP contribution in [0.2, 0.25) is 0 Å². The first-order valence-corrected chi connectivity index (χ1v) is 6.25. The summed E-state index contributed by atoms with van der Waals surface area (Å²) in [6, 6.07) is 5.42. The molecule has 0 bridgehead atoms. The molecule has 2 atom stereocenters. The van der Waals surface area contributed by atoms with Crippen molar-refractivity contribution < 1.29 is 4.92 Å². The van der Waals surface area contributed by atoms with E-state index in [2.05, 4.69) is 11.8 Å². The van der Waals surface area contributed by atoms with E-state index >= 15 is 0 Å². The summed E-state index contributed by atoms with van der Waals surface area (Å²) in [6.07, 6.45) is 0.882. The van der Waals surface area contributed by atoms with Gasteiger partial charge in [0.05, 0.1) is 4.92 Å². The first-order valence-electron chi connectivity index (χ1n) is 6.25. The minimum atomic E-state index is -0.304. The lowest BCUT2D eigenvalue weighted by atomic mass is 9.94. The number of hydrogen-bond acceptors (Lipinski definition) is 4. The van der Waals surface area contributed by atoms with Gasteiger partial charge in [0.1, 0.15) is 5.69 Å². The van der Waals surface area contributed by atoms with E-state index in [-0.39, 0.29) is 16.7 Å². The Morgan fingerprint density at radius 3 is 2.83 bits per heavy atom. The van der Waals surface area contributed by atoms with Gasteiger partial charge in [-0.2, -0.15) is 0 Å². The third-order valence-corrected chi connectivity index (χ3v) is 3.70. The second-order valence-corrected chi connectivity index (χ2v) is 5.08. The summed E-state index contributed by atoms with van der Waals surface area (Å²) in [7, 11) is 0. The first kappa shape index (κ1) is 12.8. The second kappa shape index (κ2) is 4.94.